The highest BCUT2D eigenvalue weighted by atomic mass is 16.2. The molecular weight excluding hydrogens is 214 g/mol. The summed E-state index contributed by atoms with van der Waals surface area (Å²) in [5, 5.41) is 3.15. The van der Waals surface area contributed by atoms with Crippen LogP contribution in [0.4, 0.5) is 0 Å². The van der Waals surface area contributed by atoms with Crippen molar-refractivity contribution < 1.29 is 4.79 Å². The Balaban J connectivity index is 2.04. The second-order valence-corrected chi connectivity index (χ2v) is 4.65. The Kier molecular flexibility index (Phi) is 3.74. The van der Waals surface area contributed by atoms with E-state index in [-0.39, 0.29) is 5.91 Å². The molecule has 0 saturated carbocycles. The van der Waals surface area contributed by atoms with E-state index in [0.29, 0.717) is 24.9 Å². The molecule has 1 aromatic heterocycles. The molecule has 0 bridgehead atoms. The molecular formula is C13H19N3O. The average molecular weight is 233 g/mol. The highest BCUT2D eigenvalue weighted by Crippen LogP contribution is 2.26. The van der Waals surface area contributed by atoms with E-state index in [4.69, 9.17) is 0 Å². The van der Waals surface area contributed by atoms with Crippen LogP contribution in [0.15, 0.2) is 24.5 Å². The maximum absolute atomic E-state index is 12.0. The van der Waals surface area contributed by atoms with Crippen molar-refractivity contribution in [3.05, 3.63) is 30.1 Å². The summed E-state index contributed by atoms with van der Waals surface area (Å²) >= 11 is 0. The largest absolute Gasteiger partial charge is 0.335 e. The second-order valence-electron chi connectivity index (χ2n) is 4.65. The fourth-order valence-corrected chi connectivity index (χ4v) is 2.42. The fraction of sp³-hybridized carbons (Fsp3) is 0.538. The topological polar surface area (TPSA) is 45.2 Å². The van der Waals surface area contributed by atoms with E-state index in [1.807, 2.05) is 30.3 Å². The Labute approximate surface area is 102 Å². The molecule has 1 amide bonds. The summed E-state index contributed by atoms with van der Waals surface area (Å²) < 4.78 is 0. The third kappa shape index (κ3) is 2.64. The van der Waals surface area contributed by atoms with Gasteiger partial charge in [-0.05, 0) is 25.6 Å². The summed E-state index contributed by atoms with van der Waals surface area (Å²) in [7, 11) is 1.93. The van der Waals surface area contributed by atoms with Crippen LogP contribution in [0.5, 0.6) is 0 Å². The van der Waals surface area contributed by atoms with Crippen LogP contribution in [-0.2, 0) is 11.3 Å². The van der Waals surface area contributed by atoms with Crippen molar-refractivity contribution in [1.82, 2.24) is 15.2 Å². The van der Waals surface area contributed by atoms with Crippen molar-refractivity contribution in [3.8, 4) is 0 Å². The van der Waals surface area contributed by atoms with Crippen LogP contribution >= 0.6 is 0 Å². The van der Waals surface area contributed by atoms with Crippen LogP contribution < -0.4 is 5.32 Å². The highest BCUT2D eigenvalue weighted by Gasteiger charge is 2.35. The van der Waals surface area contributed by atoms with Gasteiger partial charge in [0.1, 0.15) is 0 Å². The van der Waals surface area contributed by atoms with Crippen molar-refractivity contribution in [2.75, 3.05) is 13.6 Å². The first-order valence-electron chi connectivity index (χ1n) is 6.05. The van der Waals surface area contributed by atoms with Gasteiger partial charge < -0.3 is 10.2 Å². The number of aromatic nitrogens is 1. The number of nitrogens with zero attached hydrogens (tertiary/aromatic N) is 2. The predicted molar refractivity (Wildman–Crippen MR) is 66.3 cm³/mol. The number of likely N-dealkylation sites (tertiary alicyclic amines) is 1. The molecule has 17 heavy (non-hydrogen) atoms. The van der Waals surface area contributed by atoms with Gasteiger partial charge in [0.15, 0.2) is 0 Å². The van der Waals surface area contributed by atoms with Gasteiger partial charge in [-0.15, -0.1) is 0 Å². The first kappa shape index (κ1) is 12.0. The predicted octanol–water partition coefficient (Wildman–Crippen LogP) is 1.04. The molecule has 1 aliphatic heterocycles. The first-order valence-corrected chi connectivity index (χ1v) is 6.05. The molecule has 0 spiro atoms. The minimum atomic E-state index is 0.251. The lowest BCUT2D eigenvalue weighted by molar-refractivity contribution is -0.129. The van der Waals surface area contributed by atoms with Gasteiger partial charge in [0, 0.05) is 43.9 Å². The molecule has 92 valence electrons. The maximum atomic E-state index is 12.0. The van der Waals surface area contributed by atoms with Gasteiger partial charge in [0.2, 0.25) is 5.91 Å². The maximum Gasteiger partial charge on any atom is 0.223 e. The number of nitrogens with one attached hydrogen (secondary N) is 1. The SMILES string of the molecule is CNCC1CC(=O)N(Cc2cccnc2)C1C. The quantitative estimate of drug-likeness (QED) is 0.845. The van der Waals surface area contributed by atoms with Gasteiger partial charge in [-0.3, -0.25) is 9.78 Å². The van der Waals surface area contributed by atoms with E-state index in [0.717, 1.165) is 12.1 Å². The minimum absolute atomic E-state index is 0.251. The number of hydrogen-bond donors (Lipinski definition) is 1. The summed E-state index contributed by atoms with van der Waals surface area (Å²) in [6.07, 6.45) is 4.23. The van der Waals surface area contributed by atoms with Crippen molar-refractivity contribution in [3.63, 3.8) is 0 Å². The van der Waals surface area contributed by atoms with Crippen molar-refractivity contribution in [2.24, 2.45) is 5.92 Å². The van der Waals surface area contributed by atoms with Crippen LogP contribution in [-0.4, -0.2) is 35.4 Å². The van der Waals surface area contributed by atoms with Crippen molar-refractivity contribution in [1.29, 1.82) is 0 Å². The number of hydrogen-bond acceptors (Lipinski definition) is 3. The van der Waals surface area contributed by atoms with E-state index in [2.05, 4.69) is 17.2 Å². The molecule has 0 aromatic carbocycles. The smallest absolute Gasteiger partial charge is 0.223 e. The second kappa shape index (κ2) is 5.27. The van der Waals surface area contributed by atoms with E-state index in [1.165, 1.54) is 0 Å². The molecule has 0 radical (unpaired) electrons. The van der Waals surface area contributed by atoms with Crippen LogP contribution in [0, 0.1) is 5.92 Å². The minimum Gasteiger partial charge on any atom is -0.335 e. The third-order valence-electron chi connectivity index (χ3n) is 3.47. The highest BCUT2D eigenvalue weighted by molar-refractivity contribution is 5.79. The van der Waals surface area contributed by atoms with Crippen LogP contribution in [0.2, 0.25) is 0 Å². The summed E-state index contributed by atoms with van der Waals surface area (Å²) in [6, 6.07) is 4.22. The molecule has 0 aliphatic carbocycles. The van der Waals surface area contributed by atoms with Gasteiger partial charge in [0.05, 0.1) is 0 Å². The summed E-state index contributed by atoms with van der Waals surface area (Å²) in [6.45, 7) is 3.70. The average Bonchev–Trinajstić information content (AvgIpc) is 2.59. The van der Waals surface area contributed by atoms with Gasteiger partial charge in [0.25, 0.3) is 0 Å². The van der Waals surface area contributed by atoms with Gasteiger partial charge in [-0.25, -0.2) is 0 Å². The zero-order valence-corrected chi connectivity index (χ0v) is 10.4. The summed E-state index contributed by atoms with van der Waals surface area (Å²) in [5.41, 5.74) is 1.10. The molecule has 1 aromatic rings. The molecule has 1 aliphatic rings. The number of amides is 1. The van der Waals surface area contributed by atoms with Crippen LogP contribution in [0.3, 0.4) is 0 Å². The number of rotatable bonds is 4. The lowest BCUT2D eigenvalue weighted by Gasteiger charge is -2.24. The van der Waals surface area contributed by atoms with Gasteiger partial charge in [-0.1, -0.05) is 6.07 Å². The van der Waals surface area contributed by atoms with Crippen LogP contribution in [0.1, 0.15) is 18.9 Å². The van der Waals surface area contributed by atoms with E-state index >= 15 is 0 Å². The van der Waals surface area contributed by atoms with Gasteiger partial charge in [-0.2, -0.15) is 0 Å². The number of pyridine rings is 1. The monoisotopic (exact) mass is 233 g/mol. The van der Waals surface area contributed by atoms with E-state index in [9.17, 15) is 4.79 Å². The van der Waals surface area contributed by atoms with Crippen LogP contribution in [0.25, 0.3) is 0 Å². The fourth-order valence-electron chi connectivity index (χ4n) is 2.42. The third-order valence-corrected chi connectivity index (χ3v) is 3.47. The van der Waals surface area contributed by atoms with Crippen molar-refractivity contribution in [2.45, 2.75) is 25.9 Å². The molecule has 4 heteroatoms. The van der Waals surface area contributed by atoms with Gasteiger partial charge >= 0.3 is 0 Å². The standard InChI is InChI=1S/C13H19N3O/c1-10-12(8-14-2)6-13(17)16(10)9-11-4-3-5-15-7-11/h3-5,7,10,12,14H,6,8-9H2,1-2H3. The number of carbonyl (C=O) groups is 1. The van der Waals surface area contributed by atoms with E-state index < -0.39 is 0 Å². The summed E-state index contributed by atoms with van der Waals surface area (Å²) in [5.74, 6) is 0.672. The number of carbonyl (C=O) groups excluding carboxylic acids is 1. The first-order chi connectivity index (χ1) is 8.22. The molecule has 2 heterocycles. The Morgan fingerprint density at radius 3 is 3.06 bits per heavy atom. The Hall–Kier alpha value is -1.42. The molecule has 2 rings (SSSR count). The molecule has 1 saturated heterocycles. The molecule has 1 N–H and O–H groups in total. The Morgan fingerprint density at radius 2 is 2.41 bits per heavy atom. The van der Waals surface area contributed by atoms with Crippen molar-refractivity contribution >= 4 is 5.91 Å². The molecule has 2 unspecified atom stereocenters. The molecule has 4 nitrogen and oxygen atoms in total. The summed E-state index contributed by atoms with van der Waals surface area (Å²) in [4.78, 5) is 18.0. The lowest BCUT2D eigenvalue weighted by Crippen LogP contribution is -2.34. The Morgan fingerprint density at radius 1 is 1.59 bits per heavy atom. The molecule has 2 atom stereocenters. The zero-order valence-electron chi connectivity index (χ0n) is 10.4. The van der Waals surface area contributed by atoms with E-state index in [1.54, 1.807) is 6.20 Å². The Bertz CT molecular complexity index is 380. The lowest BCUT2D eigenvalue weighted by atomic mass is 10.0. The zero-order chi connectivity index (χ0) is 12.3. The normalized spacial score (nSPS) is 24.4. The molecule has 1 fully saturated rings.